The summed E-state index contributed by atoms with van der Waals surface area (Å²) in [6.45, 7) is -0.152. The third-order valence-corrected chi connectivity index (χ3v) is 4.58. The van der Waals surface area contributed by atoms with Crippen LogP contribution in [-0.4, -0.2) is 35.3 Å². The van der Waals surface area contributed by atoms with Crippen LogP contribution in [0.2, 0.25) is 0 Å². The van der Waals surface area contributed by atoms with E-state index in [0.29, 0.717) is 0 Å². The Balaban J connectivity index is 2.45. The lowest BCUT2D eigenvalue weighted by Gasteiger charge is -2.18. The number of hydrogen-bond donors (Lipinski definition) is 2. The van der Waals surface area contributed by atoms with Crippen LogP contribution in [0.3, 0.4) is 0 Å². The Morgan fingerprint density at radius 2 is 1.89 bits per heavy atom. The fourth-order valence-corrected chi connectivity index (χ4v) is 2.98. The molecule has 0 radical (unpaired) electrons. The van der Waals surface area contributed by atoms with Crippen molar-refractivity contribution in [1.82, 2.24) is 4.90 Å². The smallest absolute Gasteiger partial charge is 0.417 e. The zero-order chi connectivity index (χ0) is 21.1. The summed E-state index contributed by atoms with van der Waals surface area (Å²) in [6, 6.07) is 7.61. The summed E-state index contributed by atoms with van der Waals surface area (Å²) in [5, 5.41) is 9.05. The molecule has 10 heteroatoms. The van der Waals surface area contributed by atoms with Crippen molar-refractivity contribution in [3.63, 3.8) is 0 Å². The molecule has 2 amide bonds. The molecule has 0 saturated heterocycles. The molecule has 3 N–H and O–H groups in total. The number of carbonyl (C=O) groups excluding carboxylic acids is 1. The van der Waals surface area contributed by atoms with E-state index in [2.05, 4.69) is 0 Å². The standard InChI is InChI=1S/C18H17F3N2O4S/c1-23(17(25)26)9-11-7-10(16(22)24)3-5-14(11)27-12-4-6-15(28-2)13(8-12)18(19,20)21/h3-8H,9H2,1-2H3,(H2,22,24)(H,25,26). The Labute approximate surface area is 163 Å². The van der Waals surface area contributed by atoms with Gasteiger partial charge in [-0.15, -0.1) is 11.8 Å². The van der Waals surface area contributed by atoms with Gasteiger partial charge in [-0.25, -0.2) is 4.79 Å². The highest BCUT2D eigenvalue weighted by atomic mass is 32.2. The first kappa shape index (κ1) is 21.4. The summed E-state index contributed by atoms with van der Waals surface area (Å²) >= 11 is 0.958. The summed E-state index contributed by atoms with van der Waals surface area (Å²) in [7, 11) is 1.30. The molecule has 28 heavy (non-hydrogen) atoms. The van der Waals surface area contributed by atoms with Crippen LogP contribution in [0.4, 0.5) is 18.0 Å². The molecule has 0 aliphatic rings. The normalized spacial score (nSPS) is 11.2. The molecule has 0 aromatic heterocycles. The van der Waals surface area contributed by atoms with Crippen molar-refractivity contribution in [1.29, 1.82) is 0 Å². The number of carboxylic acid groups (broad SMARTS) is 1. The van der Waals surface area contributed by atoms with Crippen LogP contribution in [0, 0.1) is 0 Å². The van der Waals surface area contributed by atoms with Crippen LogP contribution in [-0.2, 0) is 12.7 Å². The predicted molar refractivity (Wildman–Crippen MR) is 97.8 cm³/mol. The molecule has 6 nitrogen and oxygen atoms in total. The molecule has 0 heterocycles. The van der Waals surface area contributed by atoms with Crippen molar-refractivity contribution in [3.05, 3.63) is 53.1 Å². The van der Waals surface area contributed by atoms with Gasteiger partial charge in [0.2, 0.25) is 5.91 Å². The Bertz CT molecular complexity index is 903. The minimum atomic E-state index is -4.56. The molecule has 2 rings (SSSR count). The van der Waals surface area contributed by atoms with E-state index in [0.717, 1.165) is 22.7 Å². The number of primary amides is 1. The largest absolute Gasteiger partial charge is 0.465 e. The third-order valence-electron chi connectivity index (χ3n) is 3.78. The summed E-state index contributed by atoms with van der Waals surface area (Å²) in [4.78, 5) is 23.5. The van der Waals surface area contributed by atoms with Crippen molar-refractivity contribution in [2.75, 3.05) is 13.3 Å². The van der Waals surface area contributed by atoms with E-state index in [1.165, 1.54) is 43.6 Å². The van der Waals surface area contributed by atoms with E-state index in [-0.39, 0.29) is 34.1 Å². The van der Waals surface area contributed by atoms with Crippen molar-refractivity contribution < 1.29 is 32.6 Å². The molecule has 0 aliphatic carbocycles. The monoisotopic (exact) mass is 414 g/mol. The van der Waals surface area contributed by atoms with Gasteiger partial charge in [0, 0.05) is 23.1 Å². The fraction of sp³-hybridized carbons (Fsp3) is 0.222. The van der Waals surface area contributed by atoms with Crippen LogP contribution in [0.25, 0.3) is 0 Å². The number of nitrogens with two attached hydrogens (primary N) is 1. The third kappa shape index (κ3) is 5.10. The summed E-state index contributed by atoms with van der Waals surface area (Å²) in [5.41, 5.74) is 4.80. The van der Waals surface area contributed by atoms with E-state index >= 15 is 0 Å². The Morgan fingerprint density at radius 3 is 2.43 bits per heavy atom. The van der Waals surface area contributed by atoms with E-state index in [1.54, 1.807) is 0 Å². The molecule has 2 aromatic rings. The Hall–Kier alpha value is -2.88. The topological polar surface area (TPSA) is 92.9 Å². The summed E-state index contributed by atoms with van der Waals surface area (Å²) in [5.74, 6) is -0.686. The van der Waals surface area contributed by atoms with Crippen LogP contribution in [0.1, 0.15) is 21.5 Å². The molecule has 150 valence electrons. The number of amides is 2. The molecular formula is C18H17F3N2O4S. The maximum Gasteiger partial charge on any atom is 0.417 e. The lowest BCUT2D eigenvalue weighted by atomic mass is 10.1. The van der Waals surface area contributed by atoms with Gasteiger partial charge in [-0.2, -0.15) is 13.2 Å². The summed E-state index contributed by atoms with van der Waals surface area (Å²) in [6.07, 6.45) is -4.24. The second kappa shape index (κ2) is 8.42. The zero-order valence-corrected chi connectivity index (χ0v) is 15.7. The Morgan fingerprint density at radius 1 is 1.21 bits per heavy atom. The highest BCUT2D eigenvalue weighted by molar-refractivity contribution is 7.98. The van der Waals surface area contributed by atoms with Crippen molar-refractivity contribution in [3.8, 4) is 11.5 Å². The van der Waals surface area contributed by atoms with Crippen molar-refractivity contribution in [2.45, 2.75) is 17.6 Å². The molecule has 0 saturated carbocycles. The van der Waals surface area contributed by atoms with E-state index in [9.17, 15) is 22.8 Å². The van der Waals surface area contributed by atoms with Crippen LogP contribution in [0.5, 0.6) is 11.5 Å². The molecule has 0 unspecified atom stereocenters. The zero-order valence-electron chi connectivity index (χ0n) is 14.9. The predicted octanol–water partition coefficient (Wildman–Crippen LogP) is 4.43. The van der Waals surface area contributed by atoms with Gasteiger partial charge in [-0.1, -0.05) is 0 Å². The molecule has 0 bridgehead atoms. The van der Waals surface area contributed by atoms with Crippen LogP contribution < -0.4 is 10.5 Å². The SMILES string of the molecule is CSc1ccc(Oc2ccc(C(N)=O)cc2CN(C)C(=O)O)cc1C(F)(F)F. The summed E-state index contributed by atoms with van der Waals surface area (Å²) < 4.78 is 45.3. The first-order chi connectivity index (χ1) is 13.0. The van der Waals surface area contributed by atoms with Gasteiger partial charge in [0.15, 0.2) is 0 Å². The molecule has 0 fully saturated rings. The average Bonchev–Trinajstić information content (AvgIpc) is 2.62. The second-order valence-corrected chi connectivity index (χ2v) is 6.64. The minimum absolute atomic E-state index is 0.0507. The van der Waals surface area contributed by atoms with Crippen molar-refractivity contribution >= 4 is 23.8 Å². The first-order valence-electron chi connectivity index (χ1n) is 7.82. The molecule has 2 aromatic carbocycles. The number of rotatable bonds is 6. The lowest BCUT2D eigenvalue weighted by Crippen LogP contribution is -2.24. The Kier molecular flexibility index (Phi) is 6.45. The number of halogens is 3. The van der Waals surface area contributed by atoms with Gasteiger partial charge < -0.3 is 20.5 Å². The van der Waals surface area contributed by atoms with E-state index in [4.69, 9.17) is 15.6 Å². The maximum atomic E-state index is 13.2. The number of thioether (sulfide) groups is 1. The number of hydrogen-bond acceptors (Lipinski definition) is 4. The van der Waals surface area contributed by atoms with Gasteiger partial charge in [0.05, 0.1) is 12.1 Å². The lowest BCUT2D eigenvalue weighted by molar-refractivity contribution is -0.139. The van der Waals surface area contributed by atoms with Gasteiger partial charge in [-0.3, -0.25) is 4.79 Å². The highest BCUT2D eigenvalue weighted by Gasteiger charge is 2.34. The van der Waals surface area contributed by atoms with Gasteiger partial charge in [0.1, 0.15) is 11.5 Å². The second-order valence-electron chi connectivity index (χ2n) is 5.79. The van der Waals surface area contributed by atoms with E-state index < -0.39 is 23.7 Å². The molecule has 0 atom stereocenters. The number of nitrogens with zero attached hydrogens (tertiary/aromatic N) is 1. The minimum Gasteiger partial charge on any atom is -0.465 e. The van der Waals surface area contributed by atoms with Crippen molar-refractivity contribution in [2.24, 2.45) is 5.73 Å². The highest BCUT2D eigenvalue weighted by Crippen LogP contribution is 2.39. The van der Waals surface area contributed by atoms with Crippen LogP contribution in [0.15, 0.2) is 41.3 Å². The average molecular weight is 414 g/mol. The molecular weight excluding hydrogens is 397 g/mol. The first-order valence-corrected chi connectivity index (χ1v) is 9.05. The maximum absolute atomic E-state index is 13.2. The molecule has 0 aliphatic heterocycles. The van der Waals surface area contributed by atoms with Gasteiger partial charge in [-0.05, 0) is 42.7 Å². The molecule has 0 spiro atoms. The number of benzene rings is 2. The van der Waals surface area contributed by atoms with Crippen LogP contribution >= 0.6 is 11.8 Å². The quantitative estimate of drug-likeness (QED) is 0.683. The number of ether oxygens (including phenoxy) is 1. The number of alkyl halides is 3. The van der Waals surface area contributed by atoms with Gasteiger partial charge in [0.25, 0.3) is 0 Å². The van der Waals surface area contributed by atoms with Gasteiger partial charge >= 0.3 is 12.3 Å². The van der Waals surface area contributed by atoms with E-state index in [1.807, 2.05) is 0 Å². The number of carbonyl (C=O) groups is 2. The fourth-order valence-electron chi connectivity index (χ4n) is 2.38.